The molecule has 0 bridgehead atoms. The van der Waals surface area contributed by atoms with Gasteiger partial charge in [-0.2, -0.15) is 0 Å². The number of benzene rings is 2. The number of nitrogens with zero attached hydrogens (tertiary/aromatic N) is 1. The zero-order valence-electron chi connectivity index (χ0n) is 14.8. The monoisotopic (exact) mass is 383 g/mol. The Morgan fingerprint density at radius 2 is 2.00 bits per heavy atom. The normalized spacial score (nSPS) is 19.2. The highest BCUT2D eigenvalue weighted by Gasteiger charge is 2.43. The van der Waals surface area contributed by atoms with E-state index in [9.17, 15) is 9.59 Å². The SMILES string of the molecule is CCOc1ccccc1C1CC(=O)N(c2cccc(Cl)c2)C2=C1C(=O)OC2. The van der Waals surface area contributed by atoms with Crippen LogP contribution in [0.5, 0.6) is 5.75 Å². The van der Waals surface area contributed by atoms with Gasteiger partial charge in [0.15, 0.2) is 0 Å². The van der Waals surface area contributed by atoms with Crippen molar-refractivity contribution in [3.8, 4) is 5.75 Å². The summed E-state index contributed by atoms with van der Waals surface area (Å²) in [6.45, 7) is 2.47. The van der Waals surface area contributed by atoms with Gasteiger partial charge in [0.2, 0.25) is 5.91 Å². The third kappa shape index (κ3) is 3.08. The molecule has 0 radical (unpaired) electrons. The minimum absolute atomic E-state index is 0.0692. The van der Waals surface area contributed by atoms with Gasteiger partial charge in [-0.1, -0.05) is 35.9 Å². The van der Waals surface area contributed by atoms with E-state index in [-0.39, 0.29) is 30.8 Å². The Kier molecular flexibility index (Phi) is 4.62. The summed E-state index contributed by atoms with van der Waals surface area (Å²) < 4.78 is 11.0. The molecule has 6 heteroatoms. The van der Waals surface area contributed by atoms with Gasteiger partial charge in [-0.25, -0.2) is 4.79 Å². The van der Waals surface area contributed by atoms with Crippen LogP contribution in [0.4, 0.5) is 5.69 Å². The van der Waals surface area contributed by atoms with E-state index in [1.54, 1.807) is 29.2 Å². The first-order chi connectivity index (χ1) is 13.1. The number of rotatable bonds is 4. The van der Waals surface area contributed by atoms with Gasteiger partial charge in [-0.15, -0.1) is 0 Å². The fourth-order valence-electron chi connectivity index (χ4n) is 3.69. The molecule has 27 heavy (non-hydrogen) atoms. The second-order valence-corrected chi connectivity index (χ2v) is 6.81. The Bertz CT molecular complexity index is 953. The summed E-state index contributed by atoms with van der Waals surface area (Å²) >= 11 is 6.09. The first-order valence-corrected chi connectivity index (χ1v) is 9.18. The second-order valence-electron chi connectivity index (χ2n) is 6.37. The van der Waals surface area contributed by atoms with Crippen LogP contribution >= 0.6 is 11.6 Å². The third-order valence-corrected chi connectivity index (χ3v) is 5.01. The molecule has 0 N–H and O–H groups in total. The van der Waals surface area contributed by atoms with E-state index in [1.165, 1.54) is 0 Å². The lowest BCUT2D eigenvalue weighted by molar-refractivity contribution is -0.136. The van der Waals surface area contributed by atoms with Gasteiger partial charge in [0.25, 0.3) is 0 Å². The predicted octanol–water partition coefficient (Wildman–Crippen LogP) is 4.07. The maximum absolute atomic E-state index is 13.0. The van der Waals surface area contributed by atoms with Crippen LogP contribution < -0.4 is 9.64 Å². The number of para-hydroxylation sites is 1. The molecule has 2 aromatic carbocycles. The molecular weight excluding hydrogens is 366 g/mol. The van der Waals surface area contributed by atoms with Crippen LogP contribution in [0.3, 0.4) is 0 Å². The minimum Gasteiger partial charge on any atom is -0.494 e. The molecule has 5 nitrogen and oxygen atoms in total. The number of esters is 1. The topological polar surface area (TPSA) is 55.8 Å². The second kappa shape index (κ2) is 7.08. The molecule has 2 aromatic rings. The number of carbonyl (C=O) groups excluding carboxylic acids is 2. The van der Waals surface area contributed by atoms with E-state index in [2.05, 4.69) is 0 Å². The van der Waals surface area contributed by atoms with Gasteiger partial charge in [0, 0.05) is 22.9 Å². The van der Waals surface area contributed by atoms with Crippen molar-refractivity contribution in [1.82, 2.24) is 0 Å². The molecule has 0 aromatic heterocycles. The zero-order valence-corrected chi connectivity index (χ0v) is 15.5. The summed E-state index contributed by atoms with van der Waals surface area (Å²) in [4.78, 5) is 27.1. The van der Waals surface area contributed by atoms with Crippen molar-refractivity contribution in [2.45, 2.75) is 19.3 Å². The number of anilines is 1. The summed E-state index contributed by atoms with van der Waals surface area (Å²) in [5, 5.41) is 0.525. The Morgan fingerprint density at radius 3 is 2.78 bits per heavy atom. The number of cyclic esters (lactones) is 1. The van der Waals surface area contributed by atoms with E-state index < -0.39 is 0 Å². The van der Waals surface area contributed by atoms with Crippen molar-refractivity contribution in [3.63, 3.8) is 0 Å². The lowest BCUT2D eigenvalue weighted by Crippen LogP contribution is -2.37. The van der Waals surface area contributed by atoms with Crippen molar-refractivity contribution in [3.05, 3.63) is 70.4 Å². The first-order valence-electron chi connectivity index (χ1n) is 8.80. The quantitative estimate of drug-likeness (QED) is 0.747. The fraction of sp³-hybridized carbons (Fsp3) is 0.238. The van der Waals surface area contributed by atoms with Gasteiger partial charge in [-0.05, 0) is 31.2 Å². The van der Waals surface area contributed by atoms with Crippen LogP contribution in [-0.2, 0) is 14.3 Å². The molecule has 1 amide bonds. The Morgan fingerprint density at radius 1 is 1.19 bits per heavy atom. The van der Waals surface area contributed by atoms with E-state index >= 15 is 0 Å². The molecule has 4 rings (SSSR count). The third-order valence-electron chi connectivity index (χ3n) is 4.78. The van der Waals surface area contributed by atoms with Gasteiger partial charge < -0.3 is 9.47 Å². The van der Waals surface area contributed by atoms with Crippen LogP contribution in [0.1, 0.15) is 24.8 Å². The highest BCUT2D eigenvalue weighted by molar-refractivity contribution is 6.31. The number of ether oxygens (including phenoxy) is 2. The lowest BCUT2D eigenvalue weighted by Gasteiger charge is -2.32. The molecule has 1 atom stereocenters. The van der Waals surface area contributed by atoms with Crippen molar-refractivity contribution < 1.29 is 19.1 Å². The van der Waals surface area contributed by atoms with Crippen molar-refractivity contribution >= 4 is 29.2 Å². The summed E-state index contributed by atoms with van der Waals surface area (Å²) in [6, 6.07) is 14.5. The number of hydrogen-bond acceptors (Lipinski definition) is 4. The highest BCUT2D eigenvalue weighted by Crippen LogP contribution is 2.44. The summed E-state index contributed by atoms with van der Waals surface area (Å²) in [7, 11) is 0. The molecule has 2 aliphatic heterocycles. The van der Waals surface area contributed by atoms with E-state index in [4.69, 9.17) is 21.1 Å². The molecule has 2 aliphatic rings. The molecular formula is C21H18ClNO4. The van der Waals surface area contributed by atoms with Gasteiger partial charge >= 0.3 is 5.97 Å². The fourth-order valence-corrected chi connectivity index (χ4v) is 3.87. The van der Waals surface area contributed by atoms with Gasteiger partial charge in [0.05, 0.1) is 23.6 Å². The highest BCUT2D eigenvalue weighted by atomic mass is 35.5. The lowest BCUT2D eigenvalue weighted by atomic mass is 9.83. The number of carbonyl (C=O) groups is 2. The maximum atomic E-state index is 13.0. The Labute approximate surface area is 162 Å². The largest absolute Gasteiger partial charge is 0.494 e. The van der Waals surface area contributed by atoms with Crippen molar-refractivity contribution in [2.75, 3.05) is 18.1 Å². The van der Waals surface area contributed by atoms with Crippen LogP contribution in [0.25, 0.3) is 0 Å². The number of hydrogen-bond donors (Lipinski definition) is 0. The Balaban J connectivity index is 1.84. The number of halogens is 1. The molecule has 0 saturated carbocycles. The van der Waals surface area contributed by atoms with E-state index in [1.807, 2.05) is 31.2 Å². The van der Waals surface area contributed by atoms with Crippen LogP contribution in [0.2, 0.25) is 5.02 Å². The maximum Gasteiger partial charge on any atom is 0.336 e. The van der Waals surface area contributed by atoms with Crippen molar-refractivity contribution in [1.29, 1.82) is 0 Å². The smallest absolute Gasteiger partial charge is 0.336 e. The van der Waals surface area contributed by atoms with Crippen LogP contribution in [0.15, 0.2) is 59.8 Å². The predicted molar refractivity (Wildman–Crippen MR) is 102 cm³/mol. The van der Waals surface area contributed by atoms with Gasteiger partial charge in [0.1, 0.15) is 12.4 Å². The Hall–Kier alpha value is -2.79. The average Bonchev–Trinajstić information content (AvgIpc) is 3.03. The average molecular weight is 384 g/mol. The summed E-state index contributed by atoms with van der Waals surface area (Å²) in [5.74, 6) is -0.201. The van der Waals surface area contributed by atoms with Crippen LogP contribution in [-0.4, -0.2) is 25.1 Å². The molecule has 138 valence electrons. The molecule has 0 aliphatic carbocycles. The van der Waals surface area contributed by atoms with Crippen LogP contribution in [0, 0.1) is 0 Å². The van der Waals surface area contributed by atoms with E-state index in [0.29, 0.717) is 34.3 Å². The first kappa shape index (κ1) is 17.6. The number of amides is 1. The summed E-state index contributed by atoms with van der Waals surface area (Å²) in [5.41, 5.74) is 2.55. The molecule has 1 unspecified atom stereocenters. The van der Waals surface area contributed by atoms with Gasteiger partial charge in [-0.3, -0.25) is 9.69 Å². The zero-order chi connectivity index (χ0) is 19.0. The van der Waals surface area contributed by atoms with Crippen molar-refractivity contribution in [2.24, 2.45) is 0 Å². The molecule has 0 spiro atoms. The minimum atomic E-state index is -0.388. The van der Waals surface area contributed by atoms with E-state index in [0.717, 1.165) is 5.56 Å². The summed E-state index contributed by atoms with van der Waals surface area (Å²) in [6.07, 6.45) is 0.157. The molecule has 0 saturated heterocycles. The molecule has 0 fully saturated rings. The standard InChI is InChI=1S/C21H18ClNO4/c1-2-26-18-9-4-3-8-15(18)16-11-19(24)23(14-7-5-6-13(22)10-14)17-12-27-21(25)20(16)17/h3-10,16H,2,11-12H2,1H3. The molecule has 2 heterocycles.